The van der Waals surface area contributed by atoms with Crippen molar-refractivity contribution in [3.05, 3.63) is 29.8 Å². The molecule has 94 valence electrons. The normalized spacial score (nSPS) is 11.4. The summed E-state index contributed by atoms with van der Waals surface area (Å²) in [6.45, 7) is 5.58. The van der Waals surface area contributed by atoms with E-state index in [2.05, 4.69) is 17.3 Å². The average molecular weight is 235 g/mol. The number of nitrogens with one attached hydrogen (secondary N) is 1. The van der Waals surface area contributed by atoms with Gasteiger partial charge in [0, 0.05) is 12.1 Å². The first-order valence-electron chi connectivity index (χ1n) is 6.06. The fourth-order valence-corrected chi connectivity index (χ4v) is 1.42. The van der Waals surface area contributed by atoms with Crippen LogP contribution in [0.2, 0.25) is 0 Å². The average Bonchev–Trinajstić information content (AvgIpc) is 2.37. The van der Waals surface area contributed by atoms with E-state index >= 15 is 0 Å². The third kappa shape index (κ3) is 4.44. The number of benzene rings is 1. The largest absolute Gasteiger partial charge is 0.494 e. The highest BCUT2D eigenvalue weighted by molar-refractivity contribution is 5.98. The minimum Gasteiger partial charge on any atom is -0.494 e. The van der Waals surface area contributed by atoms with Gasteiger partial charge in [0.25, 0.3) is 0 Å². The van der Waals surface area contributed by atoms with Crippen LogP contribution in [0.25, 0.3) is 0 Å². The van der Waals surface area contributed by atoms with Crippen molar-refractivity contribution < 1.29 is 4.74 Å². The molecule has 3 N–H and O–H groups in total. The predicted octanol–water partition coefficient (Wildman–Crippen LogP) is 2.10. The molecule has 0 unspecified atom stereocenters. The Balaban J connectivity index is 2.63. The third-order valence-corrected chi connectivity index (χ3v) is 2.35. The van der Waals surface area contributed by atoms with Gasteiger partial charge in [0.2, 0.25) is 0 Å². The van der Waals surface area contributed by atoms with Gasteiger partial charge in [-0.1, -0.05) is 13.3 Å². The molecule has 1 rings (SSSR count). The lowest BCUT2D eigenvalue weighted by Gasteiger charge is -2.08. The number of rotatable bonds is 6. The summed E-state index contributed by atoms with van der Waals surface area (Å²) in [5.41, 5.74) is 3.57. The van der Waals surface area contributed by atoms with Crippen molar-refractivity contribution in [1.82, 2.24) is 5.43 Å². The van der Waals surface area contributed by atoms with E-state index in [4.69, 9.17) is 10.6 Å². The maximum Gasteiger partial charge on any atom is 0.142 e. The number of amidine groups is 1. The minimum absolute atomic E-state index is 0.701. The van der Waals surface area contributed by atoms with Crippen molar-refractivity contribution in [2.24, 2.45) is 10.8 Å². The summed E-state index contributed by atoms with van der Waals surface area (Å²) in [7, 11) is 0. The molecule has 1 aromatic carbocycles. The summed E-state index contributed by atoms with van der Waals surface area (Å²) >= 11 is 0. The highest BCUT2D eigenvalue weighted by Crippen LogP contribution is 2.12. The molecule has 4 nitrogen and oxygen atoms in total. The van der Waals surface area contributed by atoms with Crippen LogP contribution in [0, 0.1) is 0 Å². The summed E-state index contributed by atoms with van der Waals surface area (Å²) in [6, 6.07) is 7.78. The Morgan fingerprint density at radius 2 is 2.00 bits per heavy atom. The molecular weight excluding hydrogens is 214 g/mol. The lowest BCUT2D eigenvalue weighted by atomic mass is 10.2. The van der Waals surface area contributed by atoms with Crippen molar-refractivity contribution in [2.75, 3.05) is 13.2 Å². The molecule has 1 aromatic rings. The van der Waals surface area contributed by atoms with Crippen LogP contribution in [-0.4, -0.2) is 19.0 Å². The molecule has 0 aliphatic carbocycles. The Morgan fingerprint density at radius 1 is 1.29 bits per heavy atom. The van der Waals surface area contributed by atoms with Crippen molar-refractivity contribution >= 4 is 5.84 Å². The Morgan fingerprint density at radius 3 is 2.53 bits per heavy atom. The molecule has 0 aliphatic rings. The van der Waals surface area contributed by atoms with Crippen LogP contribution in [0.3, 0.4) is 0 Å². The second kappa shape index (κ2) is 7.68. The molecule has 0 atom stereocenters. The molecule has 0 fully saturated rings. The fraction of sp³-hybridized carbons (Fsp3) is 0.462. The lowest BCUT2D eigenvalue weighted by Crippen LogP contribution is -2.31. The van der Waals surface area contributed by atoms with Gasteiger partial charge in [0.05, 0.1) is 6.61 Å². The van der Waals surface area contributed by atoms with E-state index in [1.165, 1.54) is 0 Å². The maximum absolute atomic E-state index is 5.58. The van der Waals surface area contributed by atoms with Crippen LogP contribution in [0.5, 0.6) is 5.75 Å². The number of hydrazine groups is 1. The van der Waals surface area contributed by atoms with Gasteiger partial charge in [-0.2, -0.15) is 0 Å². The van der Waals surface area contributed by atoms with E-state index in [0.717, 1.165) is 30.8 Å². The Labute approximate surface area is 103 Å². The van der Waals surface area contributed by atoms with Crippen LogP contribution >= 0.6 is 0 Å². The fourth-order valence-electron chi connectivity index (χ4n) is 1.42. The quantitative estimate of drug-likeness (QED) is 0.261. The number of ether oxygens (including phenoxy) is 1. The predicted molar refractivity (Wildman–Crippen MR) is 71.2 cm³/mol. The Hall–Kier alpha value is -1.55. The highest BCUT2D eigenvalue weighted by Gasteiger charge is 2.01. The summed E-state index contributed by atoms with van der Waals surface area (Å²) in [5, 5.41) is 0. The van der Waals surface area contributed by atoms with Crippen LogP contribution in [-0.2, 0) is 0 Å². The van der Waals surface area contributed by atoms with Crippen LogP contribution in [0.15, 0.2) is 29.3 Å². The van der Waals surface area contributed by atoms with E-state index in [9.17, 15) is 0 Å². The van der Waals surface area contributed by atoms with Gasteiger partial charge in [-0.15, -0.1) is 0 Å². The topological polar surface area (TPSA) is 59.6 Å². The van der Waals surface area contributed by atoms with Crippen molar-refractivity contribution in [3.63, 3.8) is 0 Å². The number of nitrogens with two attached hydrogens (primary N) is 1. The summed E-state index contributed by atoms with van der Waals surface area (Å²) in [5.74, 6) is 7.00. The van der Waals surface area contributed by atoms with Gasteiger partial charge >= 0.3 is 0 Å². The maximum atomic E-state index is 5.58. The molecule has 0 heterocycles. The van der Waals surface area contributed by atoms with Gasteiger partial charge in [0.15, 0.2) is 0 Å². The minimum atomic E-state index is 0.701. The number of hydrogen-bond donors (Lipinski definition) is 2. The summed E-state index contributed by atoms with van der Waals surface area (Å²) < 4.78 is 5.58. The van der Waals surface area contributed by atoms with Gasteiger partial charge in [-0.05, 0) is 37.6 Å². The van der Waals surface area contributed by atoms with Gasteiger partial charge in [0.1, 0.15) is 11.6 Å². The molecule has 0 bridgehead atoms. The highest BCUT2D eigenvalue weighted by atomic mass is 16.5. The molecule has 0 saturated heterocycles. The van der Waals surface area contributed by atoms with E-state index in [1.807, 2.05) is 31.2 Å². The van der Waals surface area contributed by atoms with Crippen molar-refractivity contribution in [2.45, 2.75) is 26.7 Å². The number of aliphatic imine (C=N–C) groups is 1. The molecule has 0 aromatic heterocycles. The van der Waals surface area contributed by atoms with Crippen LogP contribution in [0.4, 0.5) is 0 Å². The first-order valence-corrected chi connectivity index (χ1v) is 6.06. The van der Waals surface area contributed by atoms with E-state index < -0.39 is 0 Å². The molecule has 0 radical (unpaired) electrons. The second-order valence-electron chi connectivity index (χ2n) is 3.69. The van der Waals surface area contributed by atoms with Gasteiger partial charge in [-0.25, -0.2) is 5.84 Å². The summed E-state index contributed by atoms with van der Waals surface area (Å²) in [4.78, 5) is 4.26. The number of nitrogens with zero attached hydrogens (tertiary/aromatic N) is 1. The first kappa shape index (κ1) is 13.5. The zero-order valence-electron chi connectivity index (χ0n) is 10.6. The van der Waals surface area contributed by atoms with E-state index in [1.54, 1.807) is 0 Å². The SMILES string of the molecule is CCCCOc1ccc(C(=NCC)NN)cc1. The van der Waals surface area contributed by atoms with Gasteiger partial charge < -0.3 is 10.2 Å². The molecule has 0 saturated carbocycles. The molecule has 0 spiro atoms. The smallest absolute Gasteiger partial charge is 0.142 e. The second-order valence-corrected chi connectivity index (χ2v) is 3.69. The van der Waals surface area contributed by atoms with E-state index in [-0.39, 0.29) is 0 Å². The molecule has 4 heteroatoms. The standard InChI is InChI=1S/C13H21N3O/c1-3-5-10-17-12-8-6-11(7-9-12)13(16-14)15-4-2/h6-9H,3-5,10,14H2,1-2H3,(H,15,16). The van der Waals surface area contributed by atoms with Crippen molar-refractivity contribution in [1.29, 1.82) is 0 Å². The zero-order chi connectivity index (χ0) is 12.5. The van der Waals surface area contributed by atoms with E-state index in [0.29, 0.717) is 12.4 Å². The van der Waals surface area contributed by atoms with Crippen molar-refractivity contribution in [3.8, 4) is 5.75 Å². The first-order chi connectivity index (χ1) is 8.31. The van der Waals surface area contributed by atoms with Gasteiger partial charge in [-0.3, -0.25) is 4.99 Å². The monoisotopic (exact) mass is 235 g/mol. The lowest BCUT2D eigenvalue weighted by molar-refractivity contribution is 0.309. The molecule has 0 aliphatic heterocycles. The zero-order valence-corrected chi connectivity index (χ0v) is 10.6. The molecule has 17 heavy (non-hydrogen) atoms. The Bertz CT molecular complexity index is 346. The van der Waals surface area contributed by atoms with Crippen LogP contribution in [0.1, 0.15) is 32.3 Å². The third-order valence-electron chi connectivity index (χ3n) is 2.35. The number of unbranched alkanes of at least 4 members (excludes halogenated alkanes) is 1. The van der Waals surface area contributed by atoms with Crippen LogP contribution < -0.4 is 16.0 Å². The summed E-state index contributed by atoms with van der Waals surface area (Å²) in [6.07, 6.45) is 2.22. The molecule has 0 amide bonds. The Kier molecular flexibility index (Phi) is 6.10. The number of hydrogen-bond acceptors (Lipinski definition) is 3. The molecular formula is C13H21N3O.